The van der Waals surface area contributed by atoms with Gasteiger partial charge in [0.2, 0.25) is 5.91 Å². The lowest BCUT2D eigenvalue weighted by Crippen LogP contribution is -2.48. The van der Waals surface area contributed by atoms with Crippen molar-refractivity contribution in [3.63, 3.8) is 0 Å². The molecule has 0 spiro atoms. The number of hydrogen-bond donors (Lipinski definition) is 3. The Morgan fingerprint density at radius 1 is 1.15 bits per heavy atom. The number of halogens is 2. The van der Waals surface area contributed by atoms with E-state index in [1.807, 2.05) is 6.92 Å². The summed E-state index contributed by atoms with van der Waals surface area (Å²) in [6, 6.07) is 4.83. The highest BCUT2D eigenvalue weighted by molar-refractivity contribution is 6.42. The molecule has 1 saturated carbocycles. The van der Waals surface area contributed by atoms with Crippen molar-refractivity contribution in [2.75, 3.05) is 0 Å². The zero-order valence-electron chi connectivity index (χ0n) is 15.1. The summed E-state index contributed by atoms with van der Waals surface area (Å²) in [5, 5.41) is 9.59. The van der Waals surface area contributed by atoms with Crippen molar-refractivity contribution in [1.82, 2.24) is 16.0 Å². The minimum atomic E-state index is -0.317. The van der Waals surface area contributed by atoms with Crippen LogP contribution in [0.4, 0.5) is 4.79 Å². The maximum Gasteiger partial charge on any atom is 0.315 e. The van der Waals surface area contributed by atoms with Gasteiger partial charge in [-0.25, -0.2) is 4.79 Å². The molecule has 1 aliphatic carbocycles. The van der Waals surface area contributed by atoms with E-state index in [1.165, 1.54) is 6.08 Å². The van der Waals surface area contributed by atoms with Crippen LogP contribution in [0.2, 0.25) is 10.0 Å². The largest absolute Gasteiger partial charge is 0.350 e. The van der Waals surface area contributed by atoms with Crippen molar-refractivity contribution in [3.8, 4) is 11.8 Å². The Morgan fingerprint density at radius 2 is 1.78 bits per heavy atom. The minimum absolute atomic E-state index is 0.0946. The van der Waals surface area contributed by atoms with Gasteiger partial charge in [-0.1, -0.05) is 41.6 Å². The van der Waals surface area contributed by atoms with Crippen LogP contribution in [0.1, 0.15) is 38.2 Å². The summed E-state index contributed by atoms with van der Waals surface area (Å²) in [6.07, 6.45) is 4.57. The van der Waals surface area contributed by atoms with Crippen molar-refractivity contribution < 1.29 is 9.59 Å². The van der Waals surface area contributed by atoms with Crippen LogP contribution >= 0.6 is 23.2 Å². The monoisotopic (exact) mass is 407 g/mol. The normalized spacial score (nSPS) is 19.8. The Labute approximate surface area is 169 Å². The fourth-order valence-corrected chi connectivity index (χ4v) is 3.17. The van der Waals surface area contributed by atoms with Crippen molar-refractivity contribution in [2.45, 2.75) is 50.7 Å². The number of carbonyl (C=O) groups is 2. The topological polar surface area (TPSA) is 70.2 Å². The van der Waals surface area contributed by atoms with Crippen LogP contribution in [0.3, 0.4) is 0 Å². The summed E-state index contributed by atoms with van der Waals surface area (Å²) in [7, 11) is 0. The maximum atomic E-state index is 12.1. The molecule has 0 heterocycles. The van der Waals surface area contributed by atoms with E-state index in [2.05, 4.69) is 34.4 Å². The van der Waals surface area contributed by atoms with Crippen LogP contribution in [0, 0.1) is 11.8 Å². The van der Waals surface area contributed by atoms with Crippen molar-refractivity contribution in [1.29, 1.82) is 0 Å². The van der Waals surface area contributed by atoms with E-state index in [0.29, 0.717) is 10.0 Å². The number of rotatable bonds is 4. The standard InChI is InChI=1S/C20H23Cl2N3O2/c1-3-19(26)24-15-7-9-16(10-8-15)25-20(27)23-13(2)4-5-14-6-11-17(21)18(22)12-14/h3,6,11-13,15-16H,1,7-10H2,2H3,(H,24,26)(H2,23,25,27). The smallest absolute Gasteiger partial charge is 0.315 e. The highest BCUT2D eigenvalue weighted by atomic mass is 35.5. The summed E-state index contributed by atoms with van der Waals surface area (Å²) >= 11 is 11.8. The van der Waals surface area contributed by atoms with Gasteiger partial charge < -0.3 is 16.0 Å². The number of amides is 3. The summed E-state index contributed by atoms with van der Waals surface area (Å²) in [5.74, 6) is 5.78. The van der Waals surface area contributed by atoms with Crippen molar-refractivity contribution in [2.24, 2.45) is 0 Å². The molecule has 0 saturated heterocycles. The van der Waals surface area contributed by atoms with E-state index in [0.717, 1.165) is 31.2 Å². The minimum Gasteiger partial charge on any atom is -0.350 e. The molecule has 1 fully saturated rings. The Morgan fingerprint density at radius 3 is 2.37 bits per heavy atom. The van der Waals surface area contributed by atoms with Crippen LogP contribution in [-0.4, -0.2) is 30.1 Å². The van der Waals surface area contributed by atoms with Gasteiger partial charge in [-0.15, -0.1) is 0 Å². The Bertz CT molecular complexity index is 762. The Balaban J connectivity index is 1.76. The van der Waals surface area contributed by atoms with Gasteiger partial charge in [-0.05, 0) is 56.9 Å². The predicted molar refractivity (Wildman–Crippen MR) is 109 cm³/mol. The zero-order chi connectivity index (χ0) is 19.8. The first kappa shape index (κ1) is 21.1. The molecular weight excluding hydrogens is 385 g/mol. The van der Waals surface area contributed by atoms with Gasteiger partial charge in [-0.3, -0.25) is 4.79 Å². The average molecular weight is 408 g/mol. The SMILES string of the molecule is C=CC(=O)NC1CCC(NC(=O)NC(C)C#Cc2ccc(Cl)c(Cl)c2)CC1. The van der Waals surface area contributed by atoms with Gasteiger partial charge in [0, 0.05) is 17.6 Å². The van der Waals surface area contributed by atoms with Crippen LogP contribution in [0.15, 0.2) is 30.9 Å². The van der Waals surface area contributed by atoms with Gasteiger partial charge >= 0.3 is 6.03 Å². The summed E-state index contributed by atoms with van der Waals surface area (Å²) in [5.41, 5.74) is 0.735. The predicted octanol–water partition coefficient (Wildman–Crippen LogP) is 3.65. The molecule has 1 aromatic rings. The van der Waals surface area contributed by atoms with Crippen LogP contribution in [-0.2, 0) is 4.79 Å². The van der Waals surface area contributed by atoms with Crippen LogP contribution < -0.4 is 16.0 Å². The van der Waals surface area contributed by atoms with E-state index in [4.69, 9.17) is 23.2 Å². The third-order valence-corrected chi connectivity index (χ3v) is 5.03. The Hall–Kier alpha value is -2.16. The first-order chi connectivity index (χ1) is 12.9. The van der Waals surface area contributed by atoms with Crippen LogP contribution in [0.25, 0.3) is 0 Å². The highest BCUT2D eigenvalue weighted by Crippen LogP contribution is 2.22. The fraction of sp³-hybridized carbons (Fsp3) is 0.400. The second-order valence-electron chi connectivity index (χ2n) is 6.50. The molecular formula is C20H23Cl2N3O2. The van der Waals surface area contributed by atoms with Crippen molar-refractivity contribution in [3.05, 3.63) is 46.5 Å². The van der Waals surface area contributed by atoms with Gasteiger partial charge in [-0.2, -0.15) is 0 Å². The van der Waals surface area contributed by atoms with Gasteiger partial charge in [0.1, 0.15) is 0 Å². The van der Waals surface area contributed by atoms with E-state index in [9.17, 15) is 9.59 Å². The number of hydrogen-bond acceptors (Lipinski definition) is 2. The quantitative estimate of drug-likeness (QED) is 0.526. The van der Waals surface area contributed by atoms with Gasteiger partial charge in [0.05, 0.1) is 16.1 Å². The van der Waals surface area contributed by atoms with Crippen LogP contribution in [0.5, 0.6) is 0 Å². The molecule has 0 radical (unpaired) electrons. The first-order valence-corrected chi connectivity index (χ1v) is 9.59. The average Bonchev–Trinajstić information content (AvgIpc) is 2.64. The summed E-state index contributed by atoms with van der Waals surface area (Å²) in [6.45, 7) is 5.26. The molecule has 2 rings (SSSR count). The lowest BCUT2D eigenvalue weighted by atomic mass is 9.91. The maximum absolute atomic E-state index is 12.1. The van der Waals surface area contributed by atoms with Gasteiger partial charge in [0.25, 0.3) is 0 Å². The lowest BCUT2D eigenvalue weighted by molar-refractivity contribution is -0.117. The molecule has 7 heteroatoms. The molecule has 3 amide bonds. The lowest BCUT2D eigenvalue weighted by Gasteiger charge is -2.29. The molecule has 0 bridgehead atoms. The van der Waals surface area contributed by atoms with E-state index >= 15 is 0 Å². The third kappa shape index (κ3) is 7.16. The number of carbonyl (C=O) groups excluding carboxylic acids is 2. The summed E-state index contributed by atoms with van der Waals surface area (Å²) < 4.78 is 0. The first-order valence-electron chi connectivity index (χ1n) is 8.84. The molecule has 1 aromatic carbocycles. The second-order valence-corrected chi connectivity index (χ2v) is 7.31. The molecule has 27 heavy (non-hydrogen) atoms. The fourth-order valence-electron chi connectivity index (χ4n) is 2.87. The Kier molecular flexibility index (Phi) is 8.02. The van der Waals surface area contributed by atoms with E-state index in [1.54, 1.807) is 18.2 Å². The number of urea groups is 1. The highest BCUT2D eigenvalue weighted by Gasteiger charge is 2.23. The molecule has 0 aliphatic heterocycles. The van der Waals surface area contributed by atoms with Gasteiger partial charge in [0.15, 0.2) is 0 Å². The molecule has 1 aliphatic rings. The molecule has 5 nitrogen and oxygen atoms in total. The molecule has 3 N–H and O–H groups in total. The van der Waals surface area contributed by atoms with Crippen molar-refractivity contribution >= 4 is 35.1 Å². The molecule has 144 valence electrons. The molecule has 0 aromatic heterocycles. The van der Waals surface area contributed by atoms with E-state index < -0.39 is 0 Å². The third-order valence-electron chi connectivity index (χ3n) is 4.29. The molecule has 1 unspecified atom stereocenters. The number of benzene rings is 1. The molecule has 1 atom stereocenters. The second kappa shape index (κ2) is 10.2. The van der Waals surface area contributed by atoms with E-state index in [-0.39, 0.29) is 30.1 Å². The zero-order valence-corrected chi connectivity index (χ0v) is 16.7. The number of nitrogens with one attached hydrogen (secondary N) is 3. The summed E-state index contributed by atoms with van der Waals surface area (Å²) in [4.78, 5) is 23.5.